The number of nitrogens with zero attached hydrogens (tertiary/aromatic N) is 1. The topological polar surface area (TPSA) is 54.5 Å². The maximum Gasteiger partial charge on any atom is 0.238 e. The van der Waals surface area contributed by atoms with Crippen LogP contribution < -0.4 is 0 Å². The van der Waals surface area contributed by atoms with E-state index in [-0.39, 0.29) is 16.8 Å². The highest BCUT2D eigenvalue weighted by Crippen LogP contribution is 2.23. The highest BCUT2D eigenvalue weighted by Gasteiger charge is 2.28. The summed E-state index contributed by atoms with van der Waals surface area (Å²) in [6.07, 6.45) is 5.44. The van der Waals surface area contributed by atoms with E-state index >= 15 is 0 Å². The molecule has 0 unspecified atom stereocenters. The molecule has 1 aliphatic carbocycles. The van der Waals surface area contributed by atoms with Crippen molar-refractivity contribution in [2.24, 2.45) is 0 Å². The van der Waals surface area contributed by atoms with E-state index in [1.807, 2.05) is 6.92 Å². The Kier molecular flexibility index (Phi) is 5.39. The van der Waals surface area contributed by atoms with Gasteiger partial charge in [-0.1, -0.05) is 37.5 Å². The molecule has 0 aliphatic heterocycles. The molecule has 116 valence electrons. The first-order valence-corrected chi connectivity index (χ1v) is 9.27. The van der Waals surface area contributed by atoms with Crippen LogP contribution in [0.4, 0.5) is 0 Å². The van der Waals surface area contributed by atoms with E-state index in [0.29, 0.717) is 6.54 Å². The zero-order valence-electron chi connectivity index (χ0n) is 12.5. The number of amides is 1. The molecule has 0 atom stereocenters. The van der Waals surface area contributed by atoms with Gasteiger partial charge in [0.25, 0.3) is 0 Å². The molecule has 5 heteroatoms. The monoisotopic (exact) mass is 309 g/mol. The van der Waals surface area contributed by atoms with E-state index in [4.69, 9.17) is 0 Å². The Labute approximate surface area is 127 Å². The molecule has 1 aromatic rings. The van der Waals surface area contributed by atoms with E-state index in [1.54, 1.807) is 35.2 Å². The number of benzene rings is 1. The van der Waals surface area contributed by atoms with Crippen LogP contribution in [0.1, 0.15) is 39.0 Å². The van der Waals surface area contributed by atoms with Gasteiger partial charge in [-0.3, -0.25) is 4.79 Å². The van der Waals surface area contributed by atoms with Gasteiger partial charge in [0.15, 0.2) is 9.84 Å². The SMILES string of the molecule is CCN(C(=O)CS(=O)(=O)c1ccccc1)C1CCCCC1. The molecule has 2 rings (SSSR count). The average molecular weight is 309 g/mol. The molecule has 1 amide bonds. The Morgan fingerprint density at radius 1 is 1.14 bits per heavy atom. The van der Waals surface area contributed by atoms with Gasteiger partial charge >= 0.3 is 0 Å². The molecule has 0 N–H and O–H groups in total. The quantitative estimate of drug-likeness (QED) is 0.840. The highest BCUT2D eigenvalue weighted by molar-refractivity contribution is 7.92. The van der Waals surface area contributed by atoms with Crippen LogP contribution in [0.3, 0.4) is 0 Å². The molecule has 21 heavy (non-hydrogen) atoms. The third-order valence-electron chi connectivity index (χ3n) is 4.09. The molecular formula is C16H23NO3S. The number of carbonyl (C=O) groups is 1. The van der Waals surface area contributed by atoms with Crippen molar-refractivity contribution >= 4 is 15.7 Å². The van der Waals surface area contributed by atoms with Crippen LogP contribution in [0.5, 0.6) is 0 Å². The van der Waals surface area contributed by atoms with Gasteiger partial charge in [-0.05, 0) is 31.9 Å². The number of rotatable bonds is 5. The molecule has 1 aliphatic rings. The van der Waals surface area contributed by atoms with Crippen molar-refractivity contribution in [1.82, 2.24) is 4.90 Å². The van der Waals surface area contributed by atoms with Gasteiger partial charge in [0, 0.05) is 12.6 Å². The minimum Gasteiger partial charge on any atom is -0.339 e. The van der Waals surface area contributed by atoms with Crippen LogP contribution >= 0.6 is 0 Å². The fraction of sp³-hybridized carbons (Fsp3) is 0.562. The molecule has 0 spiro atoms. The van der Waals surface area contributed by atoms with Crippen molar-refractivity contribution in [2.75, 3.05) is 12.3 Å². The summed E-state index contributed by atoms with van der Waals surface area (Å²) < 4.78 is 24.6. The molecule has 4 nitrogen and oxygen atoms in total. The Hall–Kier alpha value is -1.36. The lowest BCUT2D eigenvalue weighted by Gasteiger charge is -2.33. The van der Waals surface area contributed by atoms with Gasteiger partial charge in [0.05, 0.1) is 4.90 Å². The summed E-state index contributed by atoms with van der Waals surface area (Å²) in [4.78, 5) is 14.4. The average Bonchev–Trinajstić information content (AvgIpc) is 2.49. The van der Waals surface area contributed by atoms with E-state index in [1.165, 1.54) is 6.42 Å². The van der Waals surface area contributed by atoms with E-state index in [2.05, 4.69) is 0 Å². The van der Waals surface area contributed by atoms with Crippen LogP contribution in [-0.2, 0) is 14.6 Å². The molecule has 1 saturated carbocycles. The molecule has 0 saturated heterocycles. The second-order valence-corrected chi connectivity index (χ2v) is 7.53. The predicted octanol–water partition coefficient (Wildman–Crippen LogP) is 2.64. The second kappa shape index (κ2) is 7.07. The second-order valence-electron chi connectivity index (χ2n) is 5.54. The summed E-state index contributed by atoms with van der Waals surface area (Å²) in [6.45, 7) is 2.50. The molecule has 0 bridgehead atoms. The summed E-state index contributed by atoms with van der Waals surface area (Å²) >= 11 is 0. The summed E-state index contributed by atoms with van der Waals surface area (Å²) in [5.41, 5.74) is 0. The summed E-state index contributed by atoms with van der Waals surface area (Å²) in [6, 6.07) is 8.41. The van der Waals surface area contributed by atoms with Crippen LogP contribution in [0.25, 0.3) is 0 Å². The Morgan fingerprint density at radius 3 is 2.33 bits per heavy atom. The summed E-state index contributed by atoms with van der Waals surface area (Å²) in [7, 11) is -3.54. The summed E-state index contributed by atoms with van der Waals surface area (Å²) in [5, 5.41) is 0. The van der Waals surface area contributed by atoms with Gasteiger partial charge in [-0.25, -0.2) is 8.42 Å². The smallest absolute Gasteiger partial charge is 0.238 e. The van der Waals surface area contributed by atoms with Crippen LogP contribution in [-0.4, -0.2) is 37.6 Å². The molecule has 1 fully saturated rings. The van der Waals surface area contributed by atoms with Crippen LogP contribution in [0.2, 0.25) is 0 Å². The first kappa shape index (κ1) is 16.0. The lowest BCUT2D eigenvalue weighted by Crippen LogP contribution is -2.44. The van der Waals surface area contributed by atoms with Crippen molar-refractivity contribution in [1.29, 1.82) is 0 Å². The minimum absolute atomic E-state index is 0.210. The maximum absolute atomic E-state index is 12.4. The largest absolute Gasteiger partial charge is 0.339 e. The zero-order chi connectivity index (χ0) is 15.3. The van der Waals surface area contributed by atoms with Gasteiger partial charge < -0.3 is 4.90 Å². The third-order valence-corrected chi connectivity index (χ3v) is 5.71. The van der Waals surface area contributed by atoms with Crippen molar-refractivity contribution in [3.05, 3.63) is 30.3 Å². The van der Waals surface area contributed by atoms with Crippen LogP contribution in [0.15, 0.2) is 35.2 Å². The fourth-order valence-corrected chi connectivity index (χ4v) is 4.22. The highest BCUT2D eigenvalue weighted by atomic mass is 32.2. The summed E-state index contributed by atoms with van der Waals surface area (Å²) in [5.74, 6) is -0.699. The number of carbonyl (C=O) groups excluding carboxylic acids is 1. The predicted molar refractivity (Wildman–Crippen MR) is 82.8 cm³/mol. The van der Waals surface area contributed by atoms with Gasteiger partial charge in [-0.15, -0.1) is 0 Å². The van der Waals surface area contributed by atoms with Gasteiger partial charge in [0.2, 0.25) is 5.91 Å². The first-order chi connectivity index (χ1) is 10.0. The zero-order valence-corrected chi connectivity index (χ0v) is 13.3. The molecule has 0 aromatic heterocycles. The van der Waals surface area contributed by atoms with Gasteiger partial charge in [0.1, 0.15) is 5.75 Å². The standard InChI is InChI=1S/C16H23NO3S/c1-2-17(14-9-5-3-6-10-14)16(18)13-21(19,20)15-11-7-4-8-12-15/h4,7-8,11-12,14H,2-3,5-6,9-10,13H2,1H3. The Morgan fingerprint density at radius 2 is 1.76 bits per heavy atom. The van der Waals surface area contributed by atoms with Crippen molar-refractivity contribution in [2.45, 2.75) is 50.0 Å². The lowest BCUT2D eigenvalue weighted by atomic mass is 9.94. The molecule has 1 aromatic carbocycles. The van der Waals surface area contributed by atoms with E-state index in [9.17, 15) is 13.2 Å². The van der Waals surface area contributed by atoms with Crippen molar-refractivity contribution < 1.29 is 13.2 Å². The van der Waals surface area contributed by atoms with Gasteiger partial charge in [-0.2, -0.15) is 0 Å². The number of sulfone groups is 1. The van der Waals surface area contributed by atoms with E-state index < -0.39 is 15.6 Å². The van der Waals surface area contributed by atoms with Crippen LogP contribution in [0, 0.1) is 0 Å². The fourth-order valence-electron chi connectivity index (χ4n) is 2.99. The normalized spacial score (nSPS) is 16.6. The number of hydrogen-bond acceptors (Lipinski definition) is 3. The maximum atomic E-state index is 12.4. The van der Waals surface area contributed by atoms with Crippen molar-refractivity contribution in [3.63, 3.8) is 0 Å². The third kappa shape index (κ3) is 4.06. The molecular weight excluding hydrogens is 286 g/mol. The number of hydrogen-bond donors (Lipinski definition) is 0. The molecule has 0 radical (unpaired) electrons. The molecule has 0 heterocycles. The Bertz CT molecular complexity index is 562. The van der Waals surface area contributed by atoms with Crippen molar-refractivity contribution in [3.8, 4) is 0 Å². The Balaban J connectivity index is 2.08. The van der Waals surface area contributed by atoms with E-state index in [0.717, 1.165) is 25.7 Å². The first-order valence-electron chi connectivity index (χ1n) is 7.62. The minimum atomic E-state index is -3.54. The lowest BCUT2D eigenvalue weighted by molar-refractivity contribution is -0.131.